The number of anilines is 1. The van der Waals surface area contributed by atoms with Crippen molar-refractivity contribution >= 4 is 23.2 Å². The number of hydrogen-bond acceptors (Lipinski definition) is 5. The average Bonchev–Trinajstić information content (AvgIpc) is 3.30. The Morgan fingerprint density at radius 2 is 2.07 bits per heavy atom. The Kier molecular flexibility index (Phi) is 4.79. The highest BCUT2D eigenvalue weighted by atomic mass is 35.5. The molecule has 0 saturated carbocycles. The molecular weight excluding hydrogens is 400 g/mol. The van der Waals surface area contributed by atoms with Crippen molar-refractivity contribution in [1.82, 2.24) is 25.1 Å². The van der Waals surface area contributed by atoms with E-state index in [1.807, 2.05) is 23.1 Å². The van der Waals surface area contributed by atoms with Crippen LogP contribution in [0.4, 0.5) is 5.69 Å². The Labute approximate surface area is 180 Å². The van der Waals surface area contributed by atoms with Gasteiger partial charge in [0.25, 0.3) is 5.91 Å². The summed E-state index contributed by atoms with van der Waals surface area (Å²) >= 11 is 6.24. The summed E-state index contributed by atoms with van der Waals surface area (Å²) in [6, 6.07) is 13.9. The zero-order chi connectivity index (χ0) is 20.8. The smallest absolute Gasteiger partial charge is 0.250 e. The molecule has 5 rings (SSSR count). The molecule has 2 atom stereocenters. The Morgan fingerprint density at radius 1 is 1.23 bits per heavy atom. The first-order valence-electron chi connectivity index (χ1n) is 10.1. The number of likely N-dealkylation sites (N-methyl/N-ethyl adjacent to an activating group) is 1. The first-order chi connectivity index (χ1) is 14.5. The molecule has 3 heterocycles. The van der Waals surface area contributed by atoms with Crippen molar-refractivity contribution in [2.45, 2.75) is 31.8 Å². The quantitative estimate of drug-likeness (QED) is 0.648. The number of halogens is 1. The average molecular weight is 423 g/mol. The Balaban J connectivity index is 1.42. The number of amides is 1. The number of carbonyl (C=O) groups excluding carboxylic acids is 1. The molecule has 2 aliphatic rings. The van der Waals surface area contributed by atoms with Crippen LogP contribution in [0.1, 0.15) is 23.5 Å². The SMILES string of the molecule is Cc1ccc2c(c1)[C@@H]1CN(C)CC[C@@H]1N2C(=O)Cn1nnc(-c2ccccc2Cl)n1. The van der Waals surface area contributed by atoms with Crippen LogP contribution in [0.5, 0.6) is 0 Å². The number of fused-ring (bicyclic) bond motifs is 3. The predicted octanol–water partition coefficient (Wildman–Crippen LogP) is 3.14. The van der Waals surface area contributed by atoms with E-state index in [1.54, 1.807) is 6.07 Å². The Morgan fingerprint density at radius 3 is 2.90 bits per heavy atom. The van der Waals surface area contributed by atoms with E-state index < -0.39 is 0 Å². The summed E-state index contributed by atoms with van der Waals surface area (Å²) in [4.78, 5) is 19.0. The van der Waals surface area contributed by atoms with Gasteiger partial charge in [0.15, 0.2) is 0 Å². The van der Waals surface area contributed by atoms with Gasteiger partial charge in [0.05, 0.1) is 5.02 Å². The topological polar surface area (TPSA) is 67.2 Å². The summed E-state index contributed by atoms with van der Waals surface area (Å²) in [5, 5.41) is 13.1. The van der Waals surface area contributed by atoms with Crippen LogP contribution in [0.2, 0.25) is 5.02 Å². The van der Waals surface area contributed by atoms with Crippen molar-refractivity contribution in [3.05, 3.63) is 58.6 Å². The molecule has 3 aromatic rings. The molecule has 8 heteroatoms. The Hall–Kier alpha value is -2.77. The van der Waals surface area contributed by atoms with Crippen LogP contribution in [0.25, 0.3) is 11.4 Å². The van der Waals surface area contributed by atoms with E-state index in [9.17, 15) is 4.79 Å². The Bertz CT molecular complexity index is 1110. The van der Waals surface area contributed by atoms with Gasteiger partial charge in [0.1, 0.15) is 6.54 Å². The predicted molar refractivity (Wildman–Crippen MR) is 116 cm³/mol. The maximum atomic E-state index is 13.4. The van der Waals surface area contributed by atoms with Crippen LogP contribution < -0.4 is 4.90 Å². The van der Waals surface area contributed by atoms with Gasteiger partial charge >= 0.3 is 0 Å². The van der Waals surface area contributed by atoms with E-state index >= 15 is 0 Å². The normalized spacial score (nSPS) is 20.8. The monoisotopic (exact) mass is 422 g/mol. The van der Waals surface area contributed by atoms with Gasteiger partial charge in [-0.3, -0.25) is 4.79 Å². The van der Waals surface area contributed by atoms with E-state index in [-0.39, 0.29) is 18.5 Å². The molecule has 0 bridgehead atoms. The fraction of sp³-hybridized carbons (Fsp3) is 0.364. The van der Waals surface area contributed by atoms with E-state index in [4.69, 9.17) is 11.6 Å². The first-order valence-corrected chi connectivity index (χ1v) is 10.5. The van der Waals surface area contributed by atoms with Crippen molar-refractivity contribution in [3.63, 3.8) is 0 Å². The van der Waals surface area contributed by atoms with E-state index in [0.29, 0.717) is 22.3 Å². The third kappa shape index (κ3) is 3.28. The molecule has 30 heavy (non-hydrogen) atoms. The lowest BCUT2D eigenvalue weighted by atomic mass is 9.89. The number of likely N-dealkylation sites (tertiary alicyclic amines) is 1. The second kappa shape index (κ2) is 7.49. The van der Waals surface area contributed by atoms with Gasteiger partial charge in [-0.15, -0.1) is 10.2 Å². The van der Waals surface area contributed by atoms with Crippen LogP contribution in [0.15, 0.2) is 42.5 Å². The minimum Gasteiger partial charge on any atom is -0.307 e. The maximum absolute atomic E-state index is 13.4. The molecule has 1 saturated heterocycles. The van der Waals surface area contributed by atoms with Crippen molar-refractivity contribution in [3.8, 4) is 11.4 Å². The van der Waals surface area contributed by atoms with Crippen LogP contribution in [-0.2, 0) is 11.3 Å². The molecule has 0 N–H and O–H groups in total. The maximum Gasteiger partial charge on any atom is 0.250 e. The second-order valence-electron chi connectivity index (χ2n) is 8.17. The molecular formula is C22H23ClN6O. The molecule has 1 amide bonds. The lowest BCUT2D eigenvalue weighted by Crippen LogP contribution is -2.48. The van der Waals surface area contributed by atoms with Crippen LogP contribution in [0, 0.1) is 6.92 Å². The second-order valence-corrected chi connectivity index (χ2v) is 8.58. The molecule has 154 valence electrons. The summed E-state index contributed by atoms with van der Waals surface area (Å²) in [5.41, 5.74) is 4.21. The number of piperidine rings is 1. The number of nitrogens with zero attached hydrogens (tertiary/aromatic N) is 6. The van der Waals surface area contributed by atoms with Crippen molar-refractivity contribution in [2.75, 3.05) is 25.0 Å². The minimum atomic E-state index is -0.0136. The fourth-order valence-electron chi connectivity index (χ4n) is 4.66. The fourth-order valence-corrected chi connectivity index (χ4v) is 4.88. The molecule has 2 aliphatic heterocycles. The standard InChI is InChI=1S/C22H23ClN6O/c1-14-7-8-19-16(11-14)17-12-27(2)10-9-20(17)29(19)21(30)13-28-25-22(24-26-28)15-5-3-4-6-18(15)23/h3-8,11,17,20H,9-10,12-13H2,1-2H3/t17-,20-/m0/s1. The molecule has 0 spiro atoms. The summed E-state index contributed by atoms with van der Waals surface area (Å²) < 4.78 is 0. The van der Waals surface area contributed by atoms with Crippen molar-refractivity contribution < 1.29 is 4.79 Å². The summed E-state index contributed by atoms with van der Waals surface area (Å²) in [6.07, 6.45) is 0.955. The van der Waals surface area contributed by atoms with Gasteiger partial charge in [0.2, 0.25) is 5.82 Å². The third-order valence-electron chi connectivity index (χ3n) is 6.07. The van der Waals surface area contributed by atoms with Gasteiger partial charge in [-0.25, -0.2) is 0 Å². The van der Waals surface area contributed by atoms with Crippen LogP contribution >= 0.6 is 11.6 Å². The van der Waals surface area contributed by atoms with Gasteiger partial charge in [-0.05, 0) is 55.9 Å². The van der Waals surface area contributed by atoms with Crippen molar-refractivity contribution in [2.24, 2.45) is 0 Å². The number of carbonyl (C=O) groups is 1. The molecule has 0 aliphatic carbocycles. The minimum absolute atomic E-state index is 0.0136. The van der Waals surface area contributed by atoms with Crippen molar-refractivity contribution in [1.29, 1.82) is 0 Å². The zero-order valence-electron chi connectivity index (χ0n) is 17.0. The lowest BCUT2D eigenvalue weighted by Gasteiger charge is -2.36. The van der Waals surface area contributed by atoms with E-state index in [0.717, 1.165) is 25.2 Å². The third-order valence-corrected chi connectivity index (χ3v) is 6.40. The van der Waals surface area contributed by atoms with Gasteiger partial charge in [-0.2, -0.15) is 4.80 Å². The zero-order valence-corrected chi connectivity index (χ0v) is 17.8. The summed E-state index contributed by atoms with van der Waals surface area (Å²) in [7, 11) is 2.14. The molecule has 0 unspecified atom stereocenters. The van der Waals surface area contributed by atoms with Crippen LogP contribution in [-0.4, -0.2) is 57.2 Å². The van der Waals surface area contributed by atoms with Gasteiger partial charge < -0.3 is 9.80 Å². The molecule has 1 aromatic heterocycles. The van der Waals surface area contributed by atoms with E-state index in [1.165, 1.54) is 15.9 Å². The summed E-state index contributed by atoms with van der Waals surface area (Å²) in [5.74, 6) is 0.744. The highest BCUT2D eigenvalue weighted by Gasteiger charge is 2.43. The first kappa shape index (κ1) is 19.2. The largest absolute Gasteiger partial charge is 0.307 e. The molecule has 1 fully saturated rings. The van der Waals surface area contributed by atoms with Gasteiger partial charge in [0, 0.05) is 29.8 Å². The molecule has 0 radical (unpaired) electrons. The number of benzene rings is 2. The molecule has 2 aromatic carbocycles. The highest BCUT2D eigenvalue weighted by Crippen LogP contribution is 2.45. The summed E-state index contributed by atoms with van der Waals surface area (Å²) in [6.45, 7) is 4.09. The lowest BCUT2D eigenvalue weighted by molar-refractivity contribution is -0.120. The number of rotatable bonds is 3. The number of tetrazole rings is 1. The van der Waals surface area contributed by atoms with E-state index in [2.05, 4.69) is 52.5 Å². The molecule has 7 nitrogen and oxygen atoms in total. The number of hydrogen-bond donors (Lipinski definition) is 0. The number of aromatic nitrogens is 4. The highest BCUT2D eigenvalue weighted by molar-refractivity contribution is 6.33. The van der Waals surface area contributed by atoms with Gasteiger partial charge in [-0.1, -0.05) is 41.4 Å². The number of aryl methyl sites for hydroxylation is 1. The van der Waals surface area contributed by atoms with Crippen LogP contribution in [0.3, 0.4) is 0 Å².